The van der Waals surface area contributed by atoms with Crippen molar-refractivity contribution in [3.05, 3.63) is 69.2 Å². The van der Waals surface area contributed by atoms with E-state index in [0.29, 0.717) is 12.0 Å². The fourth-order valence-electron chi connectivity index (χ4n) is 3.36. The number of fused-ring (bicyclic) bond motifs is 1. The van der Waals surface area contributed by atoms with Crippen LogP contribution in [0.2, 0.25) is 0 Å². The number of rotatable bonds is 5. The average molecular weight is 344 g/mol. The molecule has 0 heterocycles. The third-order valence-corrected chi connectivity index (χ3v) is 5.61. The SMILES string of the molecule is CCNC(CC1Cc2ccccc21)c1cccc(C)c1Br. The van der Waals surface area contributed by atoms with Gasteiger partial charge >= 0.3 is 0 Å². The lowest BCUT2D eigenvalue weighted by Crippen LogP contribution is -2.27. The topological polar surface area (TPSA) is 12.0 Å². The molecule has 0 saturated heterocycles. The van der Waals surface area contributed by atoms with Crippen LogP contribution in [0.4, 0.5) is 0 Å². The second kappa shape index (κ2) is 6.33. The van der Waals surface area contributed by atoms with Gasteiger partial charge in [0.15, 0.2) is 0 Å². The third-order valence-electron chi connectivity index (χ3n) is 4.53. The minimum Gasteiger partial charge on any atom is -0.310 e. The van der Waals surface area contributed by atoms with Gasteiger partial charge in [-0.05, 0) is 54.5 Å². The molecule has 1 nitrogen and oxygen atoms in total. The summed E-state index contributed by atoms with van der Waals surface area (Å²) in [5.74, 6) is 0.692. The molecule has 0 radical (unpaired) electrons. The molecule has 1 N–H and O–H groups in total. The number of nitrogens with one attached hydrogen (secondary N) is 1. The van der Waals surface area contributed by atoms with Crippen molar-refractivity contribution in [2.24, 2.45) is 0 Å². The number of halogens is 1. The molecule has 2 aromatic rings. The maximum atomic E-state index is 3.77. The Morgan fingerprint density at radius 3 is 2.76 bits per heavy atom. The van der Waals surface area contributed by atoms with Gasteiger partial charge in [0.05, 0.1) is 0 Å². The second-order valence-electron chi connectivity index (χ2n) is 5.92. The normalized spacial score (nSPS) is 18.0. The van der Waals surface area contributed by atoms with Gasteiger partial charge < -0.3 is 5.32 Å². The van der Waals surface area contributed by atoms with Crippen molar-refractivity contribution in [3.8, 4) is 0 Å². The molecular weight excluding hydrogens is 322 g/mol. The largest absolute Gasteiger partial charge is 0.310 e. The van der Waals surface area contributed by atoms with Crippen LogP contribution in [0.15, 0.2) is 46.9 Å². The summed E-state index contributed by atoms with van der Waals surface area (Å²) in [5, 5.41) is 3.67. The molecule has 0 spiro atoms. The molecule has 0 saturated carbocycles. The van der Waals surface area contributed by atoms with E-state index in [1.807, 2.05) is 0 Å². The predicted octanol–water partition coefficient (Wildman–Crippen LogP) is 5.14. The summed E-state index contributed by atoms with van der Waals surface area (Å²) in [6, 6.07) is 15.8. The second-order valence-corrected chi connectivity index (χ2v) is 6.72. The first-order valence-electron chi connectivity index (χ1n) is 7.77. The summed E-state index contributed by atoms with van der Waals surface area (Å²) in [6.45, 7) is 5.35. The van der Waals surface area contributed by atoms with Crippen LogP contribution in [0, 0.1) is 6.92 Å². The highest BCUT2D eigenvalue weighted by Crippen LogP contribution is 2.41. The molecule has 0 bridgehead atoms. The predicted molar refractivity (Wildman–Crippen MR) is 92.8 cm³/mol. The van der Waals surface area contributed by atoms with Crippen LogP contribution in [0.1, 0.15) is 47.6 Å². The Hall–Kier alpha value is -1.12. The van der Waals surface area contributed by atoms with Gasteiger partial charge in [0.2, 0.25) is 0 Å². The minimum atomic E-state index is 0.419. The lowest BCUT2D eigenvalue weighted by molar-refractivity contribution is 0.434. The van der Waals surface area contributed by atoms with Crippen LogP contribution in [-0.4, -0.2) is 6.54 Å². The summed E-state index contributed by atoms with van der Waals surface area (Å²) >= 11 is 3.77. The zero-order chi connectivity index (χ0) is 14.8. The zero-order valence-corrected chi connectivity index (χ0v) is 14.3. The molecule has 1 aliphatic rings. The summed E-state index contributed by atoms with van der Waals surface area (Å²) in [5.41, 5.74) is 5.77. The van der Waals surface area contributed by atoms with E-state index in [0.717, 1.165) is 6.54 Å². The highest BCUT2D eigenvalue weighted by Gasteiger charge is 2.29. The van der Waals surface area contributed by atoms with E-state index >= 15 is 0 Å². The van der Waals surface area contributed by atoms with E-state index in [1.165, 1.54) is 34.0 Å². The first-order valence-corrected chi connectivity index (χ1v) is 8.56. The standard InChI is InChI=1S/C19H22BrN/c1-3-21-18(17-10-6-7-13(2)19(17)20)12-15-11-14-8-4-5-9-16(14)15/h4-10,15,18,21H,3,11-12H2,1-2H3. The van der Waals surface area contributed by atoms with Crippen molar-refractivity contribution >= 4 is 15.9 Å². The number of aryl methyl sites for hydroxylation is 1. The summed E-state index contributed by atoms with van der Waals surface area (Å²) in [7, 11) is 0. The maximum absolute atomic E-state index is 3.77. The fourth-order valence-corrected chi connectivity index (χ4v) is 3.90. The Morgan fingerprint density at radius 1 is 1.19 bits per heavy atom. The van der Waals surface area contributed by atoms with E-state index in [-0.39, 0.29) is 0 Å². The van der Waals surface area contributed by atoms with E-state index in [9.17, 15) is 0 Å². The van der Waals surface area contributed by atoms with Gasteiger partial charge in [-0.1, -0.05) is 65.3 Å². The molecule has 2 atom stereocenters. The van der Waals surface area contributed by atoms with Gasteiger partial charge in [0.1, 0.15) is 0 Å². The lowest BCUT2D eigenvalue weighted by Gasteiger charge is -2.34. The van der Waals surface area contributed by atoms with Crippen LogP contribution in [0.25, 0.3) is 0 Å². The quantitative estimate of drug-likeness (QED) is 0.792. The molecule has 2 unspecified atom stereocenters. The van der Waals surface area contributed by atoms with Crippen LogP contribution in [0.3, 0.4) is 0 Å². The van der Waals surface area contributed by atoms with E-state index in [2.05, 4.69) is 77.6 Å². The minimum absolute atomic E-state index is 0.419. The average Bonchev–Trinajstić information content (AvgIpc) is 2.47. The monoisotopic (exact) mass is 343 g/mol. The summed E-state index contributed by atoms with van der Waals surface area (Å²) in [6.07, 6.45) is 2.40. The molecule has 0 aromatic heterocycles. The van der Waals surface area contributed by atoms with E-state index < -0.39 is 0 Å². The molecular formula is C19H22BrN. The highest BCUT2D eigenvalue weighted by molar-refractivity contribution is 9.10. The molecule has 21 heavy (non-hydrogen) atoms. The van der Waals surface area contributed by atoms with Crippen molar-refractivity contribution in [1.82, 2.24) is 5.32 Å². The summed E-state index contributed by atoms with van der Waals surface area (Å²) in [4.78, 5) is 0. The molecule has 0 amide bonds. The maximum Gasteiger partial charge on any atom is 0.0337 e. The first kappa shape index (κ1) is 14.8. The first-order chi connectivity index (χ1) is 10.2. The van der Waals surface area contributed by atoms with Crippen molar-refractivity contribution in [1.29, 1.82) is 0 Å². The fraction of sp³-hybridized carbons (Fsp3) is 0.368. The van der Waals surface area contributed by atoms with Crippen molar-refractivity contribution < 1.29 is 0 Å². The van der Waals surface area contributed by atoms with Crippen LogP contribution in [0.5, 0.6) is 0 Å². The molecule has 2 heteroatoms. The highest BCUT2D eigenvalue weighted by atomic mass is 79.9. The molecule has 0 aliphatic heterocycles. The van der Waals surface area contributed by atoms with Crippen LogP contribution >= 0.6 is 15.9 Å². The van der Waals surface area contributed by atoms with Gasteiger partial charge in [-0.2, -0.15) is 0 Å². The number of benzene rings is 2. The Bertz CT molecular complexity index is 635. The third kappa shape index (κ3) is 2.93. The van der Waals surface area contributed by atoms with E-state index in [4.69, 9.17) is 0 Å². The van der Waals surface area contributed by atoms with Gasteiger partial charge in [-0.3, -0.25) is 0 Å². The van der Waals surface area contributed by atoms with E-state index in [1.54, 1.807) is 5.56 Å². The van der Waals surface area contributed by atoms with Crippen LogP contribution < -0.4 is 5.32 Å². The Balaban J connectivity index is 1.82. The lowest BCUT2D eigenvalue weighted by atomic mass is 9.73. The van der Waals surface area contributed by atoms with Crippen molar-refractivity contribution in [3.63, 3.8) is 0 Å². The summed E-state index contributed by atoms with van der Waals surface area (Å²) < 4.78 is 1.25. The Morgan fingerprint density at radius 2 is 2.00 bits per heavy atom. The smallest absolute Gasteiger partial charge is 0.0337 e. The van der Waals surface area contributed by atoms with Gasteiger partial charge in [-0.15, -0.1) is 0 Å². The number of hydrogen-bond donors (Lipinski definition) is 1. The van der Waals surface area contributed by atoms with Gasteiger partial charge in [0.25, 0.3) is 0 Å². The van der Waals surface area contributed by atoms with Crippen molar-refractivity contribution in [2.45, 2.75) is 38.6 Å². The van der Waals surface area contributed by atoms with Crippen LogP contribution in [-0.2, 0) is 6.42 Å². The number of hydrogen-bond acceptors (Lipinski definition) is 1. The zero-order valence-electron chi connectivity index (χ0n) is 12.7. The molecule has 3 rings (SSSR count). The molecule has 1 aliphatic carbocycles. The Labute approximate surface area is 135 Å². The Kier molecular flexibility index (Phi) is 4.46. The molecule has 0 fully saturated rings. The molecule has 2 aromatic carbocycles. The molecule has 110 valence electrons. The van der Waals surface area contributed by atoms with Gasteiger partial charge in [-0.25, -0.2) is 0 Å². The van der Waals surface area contributed by atoms with Gasteiger partial charge in [0, 0.05) is 10.5 Å². The van der Waals surface area contributed by atoms with Crippen molar-refractivity contribution in [2.75, 3.05) is 6.54 Å².